The summed E-state index contributed by atoms with van der Waals surface area (Å²) >= 11 is 0.805. The van der Waals surface area contributed by atoms with Crippen molar-refractivity contribution in [2.75, 3.05) is 13.7 Å². The molecular formula is C19H16N2O7S. The van der Waals surface area contributed by atoms with Gasteiger partial charge >= 0.3 is 5.97 Å². The van der Waals surface area contributed by atoms with Crippen molar-refractivity contribution in [3.63, 3.8) is 0 Å². The number of carbonyl (C=O) groups excluding carboxylic acids is 4. The van der Waals surface area contributed by atoms with Gasteiger partial charge in [-0.3, -0.25) is 19.3 Å². The normalized spacial score (nSPS) is 15.1. The molecule has 1 saturated heterocycles. The summed E-state index contributed by atoms with van der Waals surface area (Å²) in [6, 6.07) is 9.52. The van der Waals surface area contributed by atoms with Gasteiger partial charge in [0.25, 0.3) is 17.1 Å². The fraction of sp³-hybridized carbons (Fsp3) is 0.158. The van der Waals surface area contributed by atoms with Gasteiger partial charge in [-0.05, 0) is 47.7 Å². The van der Waals surface area contributed by atoms with Crippen LogP contribution in [0.25, 0.3) is 6.08 Å². The fourth-order valence-electron chi connectivity index (χ4n) is 2.43. The maximum Gasteiger partial charge on any atom is 0.373 e. The Labute approximate surface area is 169 Å². The van der Waals surface area contributed by atoms with E-state index in [0.29, 0.717) is 11.3 Å². The van der Waals surface area contributed by atoms with Crippen LogP contribution in [0.2, 0.25) is 0 Å². The Morgan fingerprint density at radius 2 is 1.90 bits per heavy atom. The van der Waals surface area contributed by atoms with Crippen LogP contribution in [0.15, 0.2) is 45.7 Å². The second kappa shape index (κ2) is 8.65. The molecule has 0 saturated carbocycles. The first-order chi connectivity index (χ1) is 13.9. The number of rotatable bonds is 7. The average Bonchev–Trinajstić information content (AvgIpc) is 3.27. The molecule has 2 N–H and O–H groups in total. The maximum atomic E-state index is 12.6. The average molecular weight is 416 g/mol. The van der Waals surface area contributed by atoms with E-state index >= 15 is 0 Å². The van der Waals surface area contributed by atoms with Gasteiger partial charge in [0.05, 0.1) is 18.6 Å². The monoisotopic (exact) mass is 416 g/mol. The molecule has 0 spiro atoms. The van der Waals surface area contributed by atoms with Crippen molar-refractivity contribution in [1.29, 1.82) is 0 Å². The van der Waals surface area contributed by atoms with Crippen LogP contribution in [-0.2, 0) is 20.9 Å². The van der Waals surface area contributed by atoms with E-state index in [4.69, 9.17) is 14.9 Å². The number of esters is 1. The number of nitrogens with zero attached hydrogens (tertiary/aromatic N) is 1. The quantitative estimate of drug-likeness (QED) is 0.537. The number of thioether (sulfide) groups is 1. The zero-order valence-corrected chi connectivity index (χ0v) is 16.1. The molecule has 0 unspecified atom stereocenters. The molecule has 10 heteroatoms. The van der Waals surface area contributed by atoms with Gasteiger partial charge in [-0.25, -0.2) is 4.79 Å². The number of primary amides is 1. The second-order valence-corrected chi connectivity index (χ2v) is 6.84. The molecule has 3 amide bonds. The number of hydrogen-bond donors (Lipinski definition) is 1. The molecule has 0 radical (unpaired) electrons. The molecule has 150 valence electrons. The second-order valence-electron chi connectivity index (χ2n) is 5.85. The highest BCUT2D eigenvalue weighted by atomic mass is 32.2. The zero-order valence-electron chi connectivity index (χ0n) is 15.2. The minimum atomic E-state index is -0.645. The van der Waals surface area contributed by atoms with Crippen molar-refractivity contribution in [2.45, 2.75) is 6.54 Å². The molecule has 0 aliphatic carbocycles. The molecule has 2 heterocycles. The van der Waals surface area contributed by atoms with Gasteiger partial charge in [-0.15, -0.1) is 0 Å². The largest absolute Gasteiger partial charge is 0.484 e. The Balaban J connectivity index is 1.68. The van der Waals surface area contributed by atoms with Crippen LogP contribution in [0.5, 0.6) is 5.75 Å². The molecule has 3 rings (SSSR count). The summed E-state index contributed by atoms with van der Waals surface area (Å²) in [7, 11) is 1.22. The van der Waals surface area contributed by atoms with E-state index in [1.54, 1.807) is 30.3 Å². The first-order valence-electron chi connectivity index (χ1n) is 8.31. The number of benzene rings is 1. The van der Waals surface area contributed by atoms with Crippen molar-refractivity contribution in [2.24, 2.45) is 5.73 Å². The Hall–Kier alpha value is -3.53. The molecule has 1 aromatic heterocycles. The minimum Gasteiger partial charge on any atom is -0.484 e. The van der Waals surface area contributed by atoms with Crippen LogP contribution in [-0.4, -0.2) is 41.6 Å². The number of nitrogens with two attached hydrogens (primary N) is 1. The van der Waals surface area contributed by atoms with E-state index in [1.807, 2.05) is 0 Å². The molecule has 29 heavy (non-hydrogen) atoms. The molecule has 1 aromatic carbocycles. The van der Waals surface area contributed by atoms with Gasteiger partial charge in [0.1, 0.15) is 11.5 Å². The summed E-state index contributed by atoms with van der Waals surface area (Å²) in [4.78, 5) is 48.2. The molecule has 2 aromatic rings. The highest BCUT2D eigenvalue weighted by molar-refractivity contribution is 8.18. The smallest absolute Gasteiger partial charge is 0.373 e. The topological polar surface area (TPSA) is 129 Å². The molecule has 1 fully saturated rings. The molecule has 0 bridgehead atoms. The SMILES string of the molecule is COC(=O)c1ccc(CN2C(=O)SC(=Cc3ccc(OCC(N)=O)cc3)C2=O)o1. The van der Waals surface area contributed by atoms with Gasteiger partial charge in [-0.1, -0.05) is 12.1 Å². The van der Waals surface area contributed by atoms with E-state index in [0.717, 1.165) is 16.7 Å². The summed E-state index contributed by atoms with van der Waals surface area (Å²) < 4.78 is 15.0. The Bertz CT molecular complexity index is 994. The lowest BCUT2D eigenvalue weighted by atomic mass is 10.2. The van der Waals surface area contributed by atoms with E-state index in [2.05, 4.69) is 4.74 Å². The Morgan fingerprint density at radius 3 is 2.55 bits per heavy atom. The highest BCUT2D eigenvalue weighted by Gasteiger charge is 2.35. The number of carbonyl (C=O) groups is 4. The lowest BCUT2D eigenvalue weighted by molar-refractivity contribution is -0.123. The van der Waals surface area contributed by atoms with Crippen molar-refractivity contribution in [3.8, 4) is 5.75 Å². The van der Waals surface area contributed by atoms with Crippen LogP contribution >= 0.6 is 11.8 Å². The number of amides is 3. The van der Waals surface area contributed by atoms with E-state index < -0.39 is 23.0 Å². The third-order valence-corrected chi connectivity index (χ3v) is 4.70. The summed E-state index contributed by atoms with van der Waals surface area (Å²) in [6.07, 6.45) is 1.57. The maximum absolute atomic E-state index is 12.6. The molecule has 1 aliphatic heterocycles. The third-order valence-electron chi connectivity index (χ3n) is 3.79. The van der Waals surface area contributed by atoms with E-state index in [1.165, 1.54) is 19.2 Å². The van der Waals surface area contributed by atoms with Gasteiger partial charge in [-0.2, -0.15) is 0 Å². The van der Waals surface area contributed by atoms with Crippen molar-refractivity contribution in [3.05, 3.63) is 58.4 Å². The Kier molecular flexibility index (Phi) is 6.03. The zero-order chi connectivity index (χ0) is 21.0. The van der Waals surface area contributed by atoms with Crippen LogP contribution in [0, 0.1) is 0 Å². The van der Waals surface area contributed by atoms with E-state index in [9.17, 15) is 19.2 Å². The summed E-state index contributed by atoms with van der Waals surface area (Å²) in [5.41, 5.74) is 5.69. The Morgan fingerprint density at radius 1 is 1.17 bits per heavy atom. The number of furan rings is 1. The number of hydrogen-bond acceptors (Lipinski definition) is 8. The van der Waals surface area contributed by atoms with E-state index in [-0.39, 0.29) is 29.6 Å². The first-order valence-corrected chi connectivity index (χ1v) is 9.12. The lowest BCUT2D eigenvalue weighted by Crippen LogP contribution is -2.27. The van der Waals surface area contributed by atoms with Gasteiger partial charge < -0.3 is 19.6 Å². The molecule has 9 nitrogen and oxygen atoms in total. The first kappa shape index (κ1) is 20.2. The minimum absolute atomic E-state index is 0.0105. The molecule has 1 aliphatic rings. The predicted octanol–water partition coefficient (Wildman–Crippen LogP) is 2.17. The molecular weight excluding hydrogens is 400 g/mol. The lowest BCUT2D eigenvalue weighted by Gasteiger charge is -2.09. The summed E-state index contributed by atoms with van der Waals surface area (Å²) in [6.45, 7) is -0.332. The highest BCUT2D eigenvalue weighted by Crippen LogP contribution is 2.33. The third kappa shape index (κ3) is 4.85. The van der Waals surface area contributed by atoms with Gasteiger partial charge in [0.15, 0.2) is 6.61 Å². The van der Waals surface area contributed by atoms with Crippen LogP contribution in [0.4, 0.5) is 4.79 Å². The number of ether oxygens (including phenoxy) is 2. The number of imide groups is 1. The van der Waals surface area contributed by atoms with Crippen molar-refractivity contribution < 1.29 is 33.1 Å². The standard InChI is InChI=1S/C19H16N2O7S/c1-26-18(24)14-7-6-13(28-14)9-21-17(23)15(29-19(21)25)8-11-2-4-12(5-3-11)27-10-16(20)22/h2-8H,9-10H2,1H3,(H2,20,22). The van der Waals surface area contributed by atoms with Gasteiger partial charge in [0.2, 0.25) is 5.76 Å². The fourth-order valence-corrected chi connectivity index (χ4v) is 3.27. The van der Waals surface area contributed by atoms with Crippen molar-refractivity contribution >= 4 is 40.9 Å². The summed E-state index contributed by atoms with van der Waals surface area (Å²) in [5.74, 6) is -0.974. The summed E-state index contributed by atoms with van der Waals surface area (Å²) in [5, 5.41) is -0.446. The van der Waals surface area contributed by atoms with Crippen molar-refractivity contribution in [1.82, 2.24) is 4.90 Å². The molecule has 0 atom stereocenters. The predicted molar refractivity (Wildman–Crippen MR) is 103 cm³/mol. The van der Waals surface area contributed by atoms with Crippen LogP contribution in [0.1, 0.15) is 21.9 Å². The van der Waals surface area contributed by atoms with Crippen LogP contribution < -0.4 is 10.5 Å². The van der Waals surface area contributed by atoms with Crippen LogP contribution in [0.3, 0.4) is 0 Å². The van der Waals surface area contributed by atoms with Gasteiger partial charge in [0, 0.05) is 0 Å². The number of methoxy groups -OCH3 is 1.